The Kier molecular flexibility index (Phi) is 3.42. The Morgan fingerprint density at radius 3 is 2.75 bits per heavy atom. The van der Waals surface area contributed by atoms with Crippen molar-refractivity contribution < 1.29 is 4.74 Å². The zero-order chi connectivity index (χ0) is 13.9. The number of benzene rings is 1. The van der Waals surface area contributed by atoms with Gasteiger partial charge in [0.05, 0.1) is 19.2 Å². The molecule has 0 fully saturated rings. The molecule has 0 aliphatic carbocycles. The van der Waals surface area contributed by atoms with Crippen LogP contribution in [0.3, 0.4) is 0 Å². The smallest absolute Gasteiger partial charge is 0.218 e. The highest BCUT2D eigenvalue weighted by Crippen LogP contribution is 2.23. The summed E-state index contributed by atoms with van der Waals surface area (Å²) in [5.41, 5.74) is 3.77. The predicted molar refractivity (Wildman–Crippen MR) is 81.2 cm³/mol. The first-order valence-corrected chi connectivity index (χ1v) is 6.88. The molecule has 0 saturated heterocycles. The number of hydrogen-bond donors (Lipinski definition) is 0. The molecule has 3 heteroatoms. The standard InChI is InChI=1S/C17H18N2O/c1-3-13-6-4-7-14-9-11-19(16(13)14)12-15-8-5-10-18-17(15)20-2/h4-11H,3,12H2,1-2H3. The van der Waals surface area contributed by atoms with E-state index >= 15 is 0 Å². The maximum absolute atomic E-state index is 5.34. The van der Waals surface area contributed by atoms with E-state index in [1.54, 1.807) is 13.3 Å². The molecule has 0 radical (unpaired) electrons. The minimum atomic E-state index is 0.698. The fourth-order valence-electron chi connectivity index (χ4n) is 2.67. The van der Waals surface area contributed by atoms with Gasteiger partial charge in [-0.1, -0.05) is 31.2 Å². The van der Waals surface area contributed by atoms with Crippen LogP contribution in [0.15, 0.2) is 48.8 Å². The predicted octanol–water partition coefficient (Wildman–Crippen LogP) is 3.66. The second kappa shape index (κ2) is 5.37. The van der Waals surface area contributed by atoms with Gasteiger partial charge in [-0.05, 0) is 29.5 Å². The van der Waals surface area contributed by atoms with Crippen molar-refractivity contribution in [3.63, 3.8) is 0 Å². The first kappa shape index (κ1) is 12.7. The Morgan fingerprint density at radius 2 is 1.95 bits per heavy atom. The van der Waals surface area contributed by atoms with Gasteiger partial charge in [0.2, 0.25) is 5.88 Å². The monoisotopic (exact) mass is 266 g/mol. The van der Waals surface area contributed by atoms with Gasteiger partial charge in [0, 0.05) is 18.0 Å². The van der Waals surface area contributed by atoms with E-state index in [0.29, 0.717) is 5.88 Å². The van der Waals surface area contributed by atoms with Crippen molar-refractivity contribution in [3.05, 3.63) is 59.9 Å². The van der Waals surface area contributed by atoms with Crippen LogP contribution < -0.4 is 4.74 Å². The van der Waals surface area contributed by atoms with Crippen molar-refractivity contribution in [2.24, 2.45) is 0 Å². The molecule has 2 aromatic heterocycles. The summed E-state index contributed by atoms with van der Waals surface area (Å²) in [5.74, 6) is 0.698. The molecule has 0 atom stereocenters. The van der Waals surface area contributed by atoms with Crippen LogP contribution in [0.4, 0.5) is 0 Å². The fourth-order valence-corrected chi connectivity index (χ4v) is 2.67. The van der Waals surface area contributed by atoms with E-state index in [1.165, 1.54) is 16.5 Å². The van der Waals surface area contributed by atoms with Gasteiger partial charge in [-0.3, -0.25) is 0 Å². The summed E-state index contributed by atoms with van der Waals surface area (Å²) in [4.78, 5) is 4.26. The van der Waals surface area contributed by atoms with Gasteiger partial charge in [0.15, 0.2) is 0 Å². The molecule has 0 bridgehead atoms. The maximum Gasteiger partial charge on any atom is 0.218 e. The summed E-state index contributed by atoms with van der Waals surface area (Å²) in [7, 11) is 1.66. The topological polar surface area (TPSA) is 27.1 Å². The van der Waals surface area contributed by atoms with Gasteiger partial charge < -0.3 is 9.30 Å². The van der Waals surface area contributed by atoms with Crippen LogP contribution in [-0.2, 0) is 13.0 Å². The van der Waals surface area contributed by atoms with E-state index in [9.17, 15) is 0 Å². The van der Waals surface area contributed by atoms with Gasteiger partial charge in [0.1, 0.15) is 0 Å². The van der Waals surface area contributed by atoms with Crippen LogP contribution in [0.25, 0.3) is 10.9 Å². The third kappa shape index (κ3) is 2.16. The number of nitrogens with zero attached hydrogens (tertiary/aromatic N) is 2. The zero-order valence-electron chi connectivity index (χ0n) is 11.8. The summed E-state index contributed by atoms with van der Waals surface area (Å²) in [6, 6.07) is 12.6. The van der Waals surface area contributed by atoms with Crippen molar-refractivity contribution in [2.45, 2.75) is 19.9 Å². The van der Waals surface area contributed by atoms with Gasteiger partial charge in [-0.25, -0.2) is 4.98 Å². The summed E-state index contributed by atoms with van der Waals surface area (Å²) in [6.07, 6.45) is 4.93. The van der Waals surface area contributed by atoms with E-state index in [4.69, 9.17) is 4.74 Å². The molecule has 0 aliphatic rings. The molecule has 0 aliphatic heterocycles. The molecule has 0 N–H and O–H groups in total. The Morgan fingerprint density at radius 1 is 1.10 bits per heavy atom. The second-order valence-corrected chi connectivity index (χ2v) is 4.82. The lowest BCUT2D eigenvalue weighted by molar-refractivity contribution is 0.391. The highest BCUT2D eigenvalue weighted by molar-refractivity contribution is 5.83. The van der Waals surface area contributed by atoms with Gasteiger partial charge in [0.25, 0.3) is 0 Å². The fraction of sp³-hybridized carbons (Fsp3) is 0.235. The molecule has 102 valence electrons. The molecular weight excluding hydrogens is 248 g/mol. The number of hydrogen-bond acceptors (Lipinski definition) is 2. The normalized spacial score (nSPS) is 10.9. The third-order valence-corrected chi connectivity index (χ3v) is 3.64. The highest BCUT2D eigenvalue weighted by Gasteiger charge is 2.09. The van der Waals surface area contributed by atoms with Crippen LogP contribution in [0, 0.1) is 0 Å². The van der Waals surface area contributed by atoms with Crippen LogP contribution >= 0.6 is 0 Å². The lowest BCUT2D eigenvalue weighted by Gasteiger charge is -2.11. The van der Waals surface area contributed by atoms with Gasteiger partial charge in [-0.15, -0.1) is 0 Å². The van der Waals surface area contributed by atoms with Crippen LogP contribution in [-0.4, -0.2) is 16.7 Å². The minimum absolute atomic E-state index is 0.698. The molecule has 3 rings (SSSR count). The summed E-state index contributed by atoms with van der Waals surface area (Å²) in [6.45, 7) is 2.97. The van der Waals surface area contributed by atoms with E-state index in [2.05, 4.69) is 53.0 Å². The summed E-state index contributed by atoms with van der Waals surface area (Å²) in [5, 5.41) is 1.28. The third-order valence-electron chi connectivity index (χ3n) is 3.64. The highest BCUT2D eigenvalue weighted by atomic mass is 16.5. The van der Waals surface area contributed by atoms with Crippen LogP contribution in [0.2, 0.25) is 0 Å². The van der Waals surface area contributed by atoms with E-state index in [-0.39, 0.29) is 0 Å². The first-order valence-electron chi connectivity index (χ1n) is 6.88. The largest absolute Gasteiger partial charge is 0.481 e. The van der Waals surface area contributed by atoms with Crippen molar-refractivity contribution in [1.82, 2.24) is 9.55 Å². The molecule has 1 aromatic carbocycles. The average molecular weight is 266 g/mol. The van der Waals surface area contributed by atoms with E-state index < -0.39 is 0 Å². The molecule has 20 heavy (non-hydrogen) atoms. The van der Waals surface area contributed by atoms with E-state index in [0.717, 1.165) is 18.5 Å². The maximum atomic E-state index is 5.34. The number of aryl methyl sites for hydroxylation is 1. The number of methoxy groups -OCH3 is 1. The number of fused-ring (bicyclic) bond motifs is 1. The Labute approximate surface area is 118 Å². The first-order chi connectivity index (χ1) is 9.83. The van der Waals surface area contributed by atoms with Crippen molar-refractivity contribution in [2.75, 3.05) is 7.11 Å². The molecule has 3 aromatic rings. The molecule has 0 unspecified atom stereocenters. The van der Waals surface area contributed by atoms with Crippen molar-refractivity contribution >= 4 is 10.9 Å². The number of aromatic nitrogens is 2. The van der Waals surface area contributed by atoms with E-state index in [1.807, 2.05) is 6.07 Å². The summed E-state index contributed by atoms with van der Waals surface area (Å²) >= 11 is 0. The molecule has 2 heterocycles. The molecule has 0 spiro atoms. The van der Waals surface area contributed by atoms with Crippen molar-refractivity contribution in [1.29, 1.82) is 0 Å². The summed E-state index contributed by atoms with van der Waals surface area (Å²) < 4.78 is 7.61. The molecule has 3 nitrogen and oxygen atoms in total. The number of rotatable bonds is 4. The van der Waals surface area contributed by atoms with Crippen molar-refractivity contribution in [3.8, 4) is 5.88 Å². The van der Waals surface area contributed by atoms with Gasteiger partial charge in [-0.2, -0.15) is 0 Å². The lowest BCUT2D eigenvalue weighted by Crippen LogP contribution is -2.03. The zero-order valence-corrected chi connectivity index (χ0v) is 11.8. The van der Waals surface area contributed by atoms with Gasteiger partial charge >= 0.3 is 0 Å². The number of pyridine rings is 1. The second-order valence-electron chi connectivity index (χ2n) is 4.82. The Hall–Kier alpha value is -2.29. The Balaban J connectivity index is 2.07. The van der Waals surface area contributed by atoms with Crippen LogP contribution in [0.5, 0.6) is 5.88 Å². The molecule has 0 saturated carbocycles. The van der Waals surface area contributed by atoms with Crippen LogP contribution in [0.1, 0.15) is 18.1 Å². The number of ether oxygens (including phenoxy) is 1. The number of para-hydroxylation sites is 1. The Bertz CT molecular complexity index is 731. The average Bonchev–Trinajstić information content (AvgIpc) is 2.91. The lowest BCUT2D eigenvalue weighted by atomic mass is 10.1. The quantitative estimate of drug-likeness (QED) is 0.720. The molecule has 0 amide bonds. The minimum Gasteiger partial charge on any atom is -0.481 e. The SMILES string of the molecule is CCc1cccc2ccn(Cc3cccnc3OC)c12. The molecular formula is C17H18N2O.